The number of aryl methyl sites for hydroxylation is 1. The van der Waals surface area contributed by atoms with Gasteiger partial charge < -0.3 is 5.32 Å². The van der Waals surface area contributed by atoms with Crippen molar-refractivity contribution in [1.82, 2.24) is 25.0 Å². The summed E-state index contributed by atoms with van der Waals surface area (Å²) >= 11 is 0. The minimum absolute atomic E-state index is 0.725. The van der Waals surface area contributed by atoms with Gasteiger partial charge in [0.05, 0.1) is 11.2 Å². The molecule has 0 aliphatic heterocycles. The highest BCUT2D eigenvalue weighted by molar-refractivity contribution is 5.98. The minimum Gasteiger partial charge on any atom is -0.337 e. The van der Waals surface area contributed by atoms with Gasteiger partial charge >= 0.3 is 0 Å². The third-order valence-electron chi connectivity index (χ3n) is 4.56. The highest BCUT2D eigenvalue weighted by Gasteiger charge is 2.10. The number of fused-ring (bicyclic) bond motifs is 2. The number of H-pyrrole nitrogens is 1. The molecule has 2 N–H and O–H groups in total. The molecule has 0 amide bonds. The van der Waals surface area contributed by atoms with Crippen LogP contribution in [0.5, 0.6) is 0 Å². The minimum atomic E-state index is 0.725. The van der Waals surface area contributed by atoms with Crippen LogP contribution < -0.4 is 5.32 Å². The number of rotatable bonds is 3. The molecule has 6 heteroatoms. The first-order valence-corrected chi connectivity index (χ1v) is 8.37. The fourth-order valence-corrected chi connectivity index (χ4v) is 3.30. The van der Waals surface area contributed by atoms with Gasteiger partial charge in [0.25, 0.3) is 0 Å². The largest absolute Gasteiger partial charge is 0.337 e. The van der Waals surface area contributed by atoms with Crippen molar-refractivity contribution in [2.75, 3.05) is 5.32 Å². The van der Waals surface area contributed by atoms with Crippen molar-refractivity contribution < 1.29 is 0 Å². The molecule has 26 heavy (non-hydrogen) atoms. The fourth-order valence-electron chi connectivity index (χ4n) is 3.30. The lowest BCUT2D eigenvalue weighted by atomic mass is 10.0. The molecule has 0 fully saturated rings. The molecule has 3 aromatic heterocycles. The van der Waals surface area contributed by atoms with Crippen molar-refractivity contribution in [2.45, 2.75) is 0 Å². The molecule has 5 aromatic rings. The lowest BCUT2D eigenvalue weighted by molar-refractivity contribution is 0.776. The Morgan fingerprint density at radius 3 is 2.85 bits per heavy atom. The standard InChI is InChI=1S/C20H16N6/c1-26-18(9-11-22-26)16-5-2-4-13-12-14(7-8-15(13)16)23-20-19-17(24-25-20)6-3-10-21-19/h2-12H,1H3,(H2,23,24,25). The predicted molar refractivity (Wildman–Crippen MR) is 103 cm³/mol. The fraction of sp³-hybridized carbons (Fsp3) is 0.0500. The van der Waals surface area contributed by atoms with Gasteiger partial charge in [-0.15, -0.1) is 0 Å². The van der Waals surface area contributed by atoms with Gasteiger partial charge in [-0.3, -0.25) is 14.8 Å². The number of aromatic amines is 1. The number of benzene rings is 2. The SMILES string of the molecule is Cn1nccc1-c1cccc2cc(Nc3n[nH]c4cccnc34)ccc12. The highest BCUT2D eigenvalue weighted by atomic mass is 15.3. The van der Waals surface area contributed by atoms with Crippen LogP contribution in [0.3, 0.4) is 0 Å². The summed E-state index contributed by atoms with van der Waals surface area (Å²) in [6.07, 6.45) is 3.59. The highest BCUT2D eigenvalue weighted by Crippen LogP contribution is 2.31. The molecule has 0 radical (unpaired) electrons. The summed E-state index contributed by atoms with van der Waals surface area (Å²) < 4.78 is 1.89. The number of hydrogen-bond donors (Lipinski definition) is 2. The molecule has 126 valence electrons. The van der Waals surface area contributed by atoms with Gasteiger partial charge in [-0.25, -0.2) is 0 Å². The quantitative estimate of drug-likeness (QED) is 0.515. The average molecular weight is 340 g/mol. The number of pyridine rings is 1. The summed E-state index contributed by atoms with van der Waals surface area (Å²) in [5, 5.41) is 17.3. The lowest BCUT2D eigenvalue weighted by Crippen LogP contribution is -1.95. The Kier molecular flexibility index (Phi) is 3.21. The van der Waals surface area contributed by atoms with Crippen molar-refractivity contribution in [1.29, 1.82) is 0 Å². The van der Waals surface area contributed by atoms with E-state index in [1.807, 2.05) is 36.1 Å². The normalized spacial score (nSPS) is 11.3. The first-order chi connectivity index (χ1) is 12.8. The van der Waals surface area contributed by atoms with Gasteiger partial charge in [0.1, 0.15) is 5.52 Å². The van der Waals surface area contributed by atoms with Crippen LogP contribution in [-0.4, -0.2) is 25.0 Å². The Morgan fingerprint density at radius 2 is 1.96 bits per heavy atom. The maximum Gasteiger partial charge on any atom is 0.178 e. The van der Waals surface area contributed by atoms with E-state index >= 15 is 0 Å². The summed E-state index contributed by atoms with van der Waals surface area (Å²) in [5.74, 6) is 0.725. The van der Waals surface area contributed by atoms with E-state index in [4.69, 9.17) is 0 Å². The molecule has 3 heterocycles. The van der Waals surface area contributed by atoms with E-state index in [2.05, 4.69) is 62.0 Å². The van der Waals surface area contributed by atoms with Crippen molar-refractivity contribution in [3.63, 3.8) is 0 Å². The van der Waals surface area contributed by atoms with Gasteiger partial charge in [-0.05, 0) is 41.1 Å². The van der Waals surface area contributed by atoms with Crippen LogP contribution in [-0.2, 0) is 7.05 Å². The molecule has 0 atom stereocenters. The molecular weight excluding hydrogens is 324 g/mol. The van der Waals surface area contributed by atoms with Crippen LogP contribution in [0.4, 0.5) is 11.5 Å². The zero-order valence-electron chi connectivity index (χ0n) is 14.1. The maximum atomic E-state index is 4.39. The number of anilines is 2. The molecule has 6 nitrogen and oxygen atoms in total. The Morgan fingerprint density at radius 1 is 1.00 bits per heavy atom. The molecule has 0 saturated heterocycles. The van der Waals surface area contributed by atoms with E-state index in [0.29, 0.717) is 0 Å². The van der Waals surface area contributed by atoms with Crippen molar-refractivity contribution in [3.8, 4) is 11.3 Å². The summed E-state index contributed by atoms with van der Waals surface area (Å²) in [6.45, 7) is 0. The first-order valence-electron chi connectivity index (χ1n) is 8.37. The van der Waals surface area contributed by atoms with Crippen molar-refractivity contribution in [3.05, 3.63) is 67.0 Å². The number of hydrogen-bond acceptors (Lipinski definition) is 4. The molecule has 0 aliphatic carbocycles. The zero-order chi connectivity index (χ0) is 17.5. The third kappa shape index (κ3) is 2.31. The van der Waals surface area contributed by atoms with Crippen LogP contribution >= 0.6 is 0 Å². The molecule has 0 spiro atoms. The second-order valence-corrected chi connectivity index (χ2v) is 6.18. The summed E-state index contributed by atoms with van der Waals surface area (Å²) in [4.78, 5) is 4.39. The molecule has 2 aromatic carbocycles. The zero-order valence-corrected chi connectivity index (χ0v) is 14.1. The van der Waals surface area contributed by atoms with E-state index < -0.39 is 0 Å². The van der Waals surface area contributed by atoms with Crippen LogP contribution in [0.1, 0.15) is 0 Å². The monoisotopic (exact) mass is 340 g/mol. The number of nitrogens with one attached hydrogen (secondary N) is 2. The molecule has 0 bridgehead atoms. The van der Waals surface area contributed by atoms with Crippen LogP contribution in [0, 0.1) is 0 Å². The summed E-state index contributed by atoms with van der Waals surface area (Å²) in [6, 6.07) is 18.5. The lowest BCUT2D eigenvalue weighted by Gasteiger charge is -2.09. The Balaban J connectivity index is 1.58. The predicted octanol–water partition coefficient (Wildman–Crippen LogP) is 4.26. The number of aromatic nitrogens is 5. The van der Waals surface area contributed by atoms with Gasteiger partial charge in [-0.1, -0.05) is 24.3 Å². The topological polar surface area (TPSA) is 71.4 Å². The molecule has 5 rings (SSSR count). The first kappa shape index (κ1) is 14.7. The Hall–Kier alpha value is -3.67. The van der Waals surface area contributed by atoms with E-state index in [1.54, 1.807) is 6.20 Å². The van der Waals surface area contributed by atoms with Gasteiger partial charge in [0.15, 0.2) is 5.82 Å². The van der Waals surface area contributed by atoms with Crippen LogP contribution in [0.25, 0.3) is 33.1 Å². The summed E-state index contributed by atoms with van der Waals surface area (Å²) in [5.41, 5.74) is 4.98. The van der Waals surface area contributed by atoms with Gasteiger partial charge in [0.2, 0.25) is 0 Å². The van der Waals surface area contributed by atoms with Crippen LogP contribution in [0.15, 0.2) is 67.0 Å². The molecule has 0 unspecified atom stereocenters. The second kappa shape index (κ2) is 5.70. The Bertz CT molecular complexity index is 1230. The Labute approximate surface area is 149 Å². The van der Waals surface area contributed by atoms with Gasteiger partial charge in [0, 0.05) is 30.7 Å². The van der Waals surface area contributed by atoms with Crippen molar-refractivity contribution >= 4 is 33.3 Å². The van der Waals surface area contributed by atoms with E-state index in [9.17, 15) is 0 Å². The van der Waals surface area contributed by atoms with E-state index in [-0.39, 0.29) is 0 Å². The molecular formula is C20H16N6. The van der Waals surface area contributed by atoms with Crippen LogP contribution in [0.2, 0.25) is 0 Å². The van der Waals surface area contributed by atoms with E-state index in [0.717, 1.165) is 33.6 Å². The molecule has 0 saturated carbocycles. The van der Waals surface area contributed by atoms with E-state index in [1.165, 1.54) is 10.9 Å². The smallest absolute Gasteiger partial charge is 0.178 e. The summed E-state index contributed by atoms with van der Waals surface area (Å²) in [7, 11) is 1.96. The second-order valence-electron chi connectivity index (χ2n) is 6.18. The maximum absolute atomic E-state index is 4.39. The third-order valence-corrected chi connectivity index (χ3v) is 4.56. The average Bonchev–Trinajstić information content (AvgIpc) is 3.28. The number of nitrogens with zero attached hydrogens (tertiary/aromatic N) is 4. The molecule has 0 aliphatic rings. The van der Waals surface area contributed by atoms with Crippen molar-refractivity contribution in [2.24, 2.45) is 7.05 Å². The van der Waals surface area contributed by atoms with Gasteiger partial charge in [-0.2, -0.15) is 10.2 Å².